The summed E-state index contributed by atoms with van der Waals surface area (Å²) in [4.78, 5) is 5.97. The van der Waals surface area contributed by atoms with Gasteiger partial charge in [0.2, 0.25) is 0 Å². The van der Waals surface area contributed by atoms with Crippen LogP contribution in [0.2, 0.25) is 0 Å². The summed E-state index contributed by atoms with van der Waals surface area (Å²) < 4.78 is 0. The fourth-order valence-electron chi connectivity index (χ4n) is 2.14. The first kappa shape index (κ1) is 15.2. The number of aromatic nitrogens is 1. The fourth-order valence-corrected chi connectivity index (χ4v) is 3.11. The SMILES string of the molecule is Cc1sc(-c2ccc(C(C)(C)C)cc2)nc1CCCO. The summed E-state index contributed by atoms with van der Waals surface area (Å²) in [6.07, 6.45) is 1.64. The second-order valence-corrected chi connectivity index (χ2v) is 7.38. The average Bonchev–Trinajstić information content (AvgIpc) is 2.77. The van der Waals surface area contributed by atoms with Crippen molar-refractivity contribution >= 4 is 11.3 Å². The van der Waals surface area contributed by atoms with Gasteiger partial charge in [0.05, 0.1) is 5.69 Å². The molecule has 0 aliphatic carbocycles. The van der Waals surface area contributed by atoms with Crippen molar-refractivity contribution in [3.8, 4) is 10.6 Å². The molecule has 1 aromatic carbocycles. The van der Waals surface area contributed by atoms with Crippen molar-refractivity contribution in [1.29, 1.82) is 0 Å². The molecule has 1 aromatic heterocycles. The molecule has 0 spiro atoms. The van der Waals surface area contributed by atoms with Gasteiger partial charge in [0.25, 0.3) is 0 Å². The molecule has 0 bridgehead atoms. The van der Waals surface area contributed by atoms with Gasteiger partial charge >= 0.3 is 0 Å². The molecule has 0 fully saturated rings. The van der Waals surface area contributed by atoms with Crippen molar-refractivity contribution in [2.75, 3.05) is 6.61 Å². The molecular formula is C17H23NOS. The highest BCUT2D eigenvalue weighted by molar-refractivity contribution is 7.15. The number of aryl methyl sites for hydroxylation is 2. The van der Waals surface area contributed by atoms with Crippen LogP contribution in [-0.4, -0.2) is 16.7 Å². The molecule has 1 N–H and O–H groups in total. The largest absolute Gasteiger partial charge is 0.396 e. The van der Waals surface area contributed by atoms with Crippen LogP contribution in [0.5, 0.6) is 0 Å². The van der Waals surface area contributed by atoms with Crippen molar-refractivity contribution < 1.29 is 5.11 Å². The van der Waals surface area contributed by atoms with Crippen LogP contribution in [0, 0.1) is 6.92 Å². The highest BCUT2D eigenvalue weighted by Gasteiger charge is 2.14. The highest BCUT2D eigenvalue weighted by Crippen LogP contribution is 2.30. The van der Waals surface area contributed by atoms with Gasteiger partial charge < -0.3 is 5.11 Å². The van der Waals surface area contributed by atoms with Gasteiger partial charge in [0, 0.05) is 17.0 Å². The predicted octanol–water partition coefficient (Wildman–Crippen LogP) is 4.34. The lowest BCUT2D eigenvalue weighted by Crippen LogP contribution is -2.10. The monoisotopic (exact) mass is 289 g/mol. The molecule has 0 saturated heterocycles. The Morgan fingerprint density at radius 3 is 2.35 bits per heavy atom. The fraction of sp³-hybridized carbons (Fsp3) is 0.471. The van der Waals surface area contributed by atoms with E-state index in [0.29, 0.717) is 0 Å². The van der Waals surface area contributed by atoms with Crippen LogP contribution in [0.1, 0.15) is 43.3 Å². The Balaban J connectivity index is 2.24. The van der Waals surface area contributed by atoms with Crippen LogP contribution < -0.4 is 0 Å². The van der Waals surface area contributed by atoms with Gasteiger partial charge in [-0.15, -0.1) is 11.3 Å². The Labute approximate surface area is 125 Å². The third-order valence-corrected chi connectivity index (χ3v) is 4.52. The van der Waals surface area contributed by atoms with E-state index in [0.717, 1.165) is 23.5 Å². The van der Waals surface area contributed by atoms with Crippen molar-refractivity contribution in [3.63, 3.8) is 0 Å². The predicted molar refractivity (Wildman–Crippen MR) is 86.4 cm³/mol. The van der Waals surface area contributed by atoms with Crippen LogP contribution in [0.4, 0.5) is 0 Å². The maximum absolute atomic E-state index is 8.92. The number of nitrogens with zero attached hydrogens (tertiary/aromatic N) is 1. The zero-order chi connectivity index (χ0) is 14.8. The van der Waals surface area contributed by atoms with Gasteiger partial charge in [-0.3, -0.25) is 0 Å². The van der Waals surface area contributed by atoms with Crippen LogP contribution in [0.3, 0.4) is 0 Å². The Morgan fingerprint density at radius 1 is 1.15 bits per heavy atom. The third-order valence-electron chi connectivity index (χ3n) is 3.46. The summed E-state index contributed by atoms with van der Waals surface area (Å²) in [6.45, 7) is 9.01. The molecule has 0 radical (unpaired) electrons. The number of hydrogen-bond acceptors (Lipinski definition) is 3. The van der Waals surface area contributed by atoms with Crippen molar-refractivity contribution in [2.45, 2.75) is 46.0 Å². The molecule has 0 amide bonds. The number of hydrogen-bond donors (Lipinski definition) is 1. The van der Waals surface area contributed by atoms with Gasteiger partial charge in [-0.25, -0.2) is 4.98 Å². The molecule has 3 heteroatoms. The standard InChI is InChI=1S/C17H23NOS/c1-12-15(6-5-11-19)18-16(20-12)13-7-9-14(10-8-13)17(2,3)4/h7-10,19H,5-6,11H2,1-4H3. The quantitative estimate of drug-likeness (QED) is 0.908. The first-order chi connectivity index (χ1) is 9.41. The summed E-state index contributed by atoms with van der Waals surface area (Å²) in [5.74, 6) is 0. The zero-order valence-electron chi connectivity index (χ0n) is 12.7. The molecule has 2 rings (SSSR count). The molecule has 20 heavy (non-hydrogen) atoms. The van der Waals surface area contributed by atoms with E-state index in [9.17, 15) is 0 Å². The van der Waals surface area contributed by atoms with E-state index in [4.69, 9.17) is 10.1 Å². The van der Waals surface area contributed by atoms with E-state index in [1.165, 1.54) is 16.0 Å². The Morgan fingerprint density at radius 2 is 1.80 bits per heavy atom. The minimum absolute atomic E-state index is 0.184. The van der Waals surface area contributed by atoms with E-state index in [1.807, 2.05) is 0 Å². The smallest absolute Gasteiger partial charge is 0.123 e. The molecule has 2 nitrogen and oxygen atoms in total. The lowest BCUT2D eigenvalue weighted by Gasteiger charge is -2.18. The molecule has 0 atom stereocenters. The van der Waals surface area contributed by atoms with Gasteiger partial charge in [-0.05, 0) is 30.7 Å². The summed E-state index contributed by atoms with van der Waals surface area (Å²) >= 11 is 1.74. The number of aliphatic hydroxyl groups excluding tert-OH is 1. The normalized spacial score (nSPS) is 11.8. The van der Waals surface area contributed by atoms with Crippen molar-refractivity contribution in [1.82, 2.24) is 4.98 Å². The first-order valence-corrected chi connectivity index (χ1v) is 7.91. The lowest BCUT2D eigenvalue weighted by atomic mass is 9.87. The van der Waals surface area contributed by atoms with Crippen LogP contribution in [-0.2, 0) is 11.8 Å². The Hall–Kier alpha value is -1.19. The maximum Gasteiger partial charge on any atom is 0.123 e. The van der Waals surface area contributed by atoms with Crippen molar-refractivity contribution in [3.05, 3.63) is 40.4 Å². The Kier molecular flexibility index (Phi) is 4.61. The van der Waals surface area contributed by atoms with Crippen LogP contribution in [0.15, 0.2) is 24.3 Å². The van der Waals surface area contributed by atoms with Gasteiger partial charge in [-0.2, -0.15) is 0 Å². The molecule has 0 aliphatic heterocycles. The molecule has 0 saturated carbocycles. The summed E-state index contributed by atoms with van der Waals surface area (Å²) in [6, 6.07) is 8.71. The topological polar surface area (TPSA) is 33.1 Å². The number of rotatable bonds is 4. The number of thiazole rings is 1. The Bertz CT molecular complexity index is 564. The zero-order valence-corrected chi connectivity index (χ0v) is 13.5. The van der Waals surface area contributed by atoms with E-state index < -0.39 is 0 Å². The highest BCUT2D eigenvalue weighted by atomic mass is 32.1. The van der Waals surface area contributed by atoms with Crippen LogP contribution in [0.25, 0.3) is 10.6 Å². The molecular weight excluding hydrogens is 266 g/mol. The second-order valence-electron chi connectivity index (χ2n) is 6.18. The summed E-state index contributed by atoms with van der Waals surface area (Å²) in [7, 11) is 0. The second kappa shape index (κ2) is 6.06. The van der Waals surface area contributed by atoms with Gasteiger partial charge in [-0.1, -0.05) is 45.0 Å². The molecule has 2 aromatic rings. The average molecular weight is 289 g/mol. The molecule has 0 unspecified atom stereocenters. The van der Waals surface area contributed by atoms with E-state index in [2.05, 4.69) is 52.0 Å². The summed E-state index contributed by atoms with van der Waals surface area (Å²) in [5, 5.41) is 10.0. The minimum Gasteiger partial charge on any atom is -0.396 e. The molecule has 0 aliphatic rings. The first-order valence-electron chi connectivity index (χ1n) is 7.10. The lowest BCUT2D eigenvalue weighted by molar-refractivity contribution is 0.288. The minimum atomic E-state index is 0.184. The maximum atomic E-state index is 8.92. The number of aliphatic hydroxyl groups is 1. The molecule has 108 valence electrons. The number of benzene rings is 1. The van der Waals surface area contributed by atoms with E-state index in [-0.39, 0.29) is 12.0 Å². The van der Waals surface area contributed by atoms with E-state index >= 15 is 0 Å². The molecule has 1 heterocycles. The van der Waals surface area contributed by atoms with Gasteiger partial charge in [0.1, 0.15) is 5.01 Å². The summed E-state index contributed by atoms with van der Waals surface area (Å²) in [5.41, 5.74) is 3.83. The van der Waals surface area contributed by atoms with E-state index in [1.54, 1.807) is 11.3 Å². The third kappa shape index (κ3) is 3.47. The van der Waals surface area contributed by atoms with Gasteiger partial charge in [0.15, 0.2) is 0 Å². The van der Waals surface area contributed by atoms with Crippen molar-refractivity contribution in [2.24, 2.45) is 0 Å². The van der Waals surface area contributed by atoms with Crippen LogP contribution >= 0.6 is 11.3 Å².